The van der Waals surface area contributed by atoms with Crippen molar-refractivity contribution >= 4 is 0 Å². The van der Waals surface area contributed by atoms with Gasteiger partial charge >= 0.3 is 0 Å². The average molecular weight is 425 g/mol. The highest BCUT2D eigenvalue weighted by molar-refractivity contribution is 5.38. The van der Waals surface area contributed by atoms with Crippen molar-refractivity contribution < 1.29 is 0 Å². The van der Waals surface area contributed by atoms with Crippen LogP contribution >= 0.6 is 0 Å². The molecule has 0 heteroatoms. The number of hydrogen-bond acceptors (Lipinski definition) is 0. The molecule has 32 heavy (non-hydrogen) atoms. The Kier molecular flexibility index (Phi) is 6.96. The van der Waals surface area contributed by atoms with Crippen LogP contribution in [-0.2, 0) is 12.8 Å². The van der Waals surface area contributed by atoms with Gasteiger partial charge in [0, 0.05) is 5.41 Å². The van der Waals surface area contributed by atoms with Gasteiger partial charge in [0.2, 0.25) is 0 Å². The Morgan fingerprint density at radius 1 is 0.594 bits per heavy atom. The fraction of sp³-hybridized carbons (Fsp3) is 0.500. The molecule has 168 valence electrons. The van der Waals surface area contributed by atoms with Crippen molar-refractivity contribution in [3.05, 3.63) is 95.1 Å². The van der Waals surface area contributed by atoms with Gasteiger partial charge < -0.3 is 0 Å². The molecule has 0 saturated heterocycles. The summed E-state index contributed by atoms with van der Waals surface area (Å²) in [6.45, 7) is 0. The normalized spacial score (nSPS) is 22.2. The van der Waals surface area contributed by atoms with E-state index in [4.69, 9.17) is 0 Å². The summed E-state index contributed by atoms with van der Waals surface area (Å²) < 4.78 is 0. The third-order valence-electron chi connectivity index (χ3n) is 8.39. The van der Waals surface area contributed by atoms with Crippen LogP contribution in [0.5, 0.6) is 0 Å². The number of rotatable bonds is 6. The van der Waals surface area contributed by atoms with Gasteiger partial charge in [-0.05, 0) is 73.5 Å². The summed E-state index contributed by atoms with van der Waals surface area (Å²) in [7, 11) is 0. The topological polar surface area (TPSA) is 0 Å². The van der Waals surface area contributed by atoms with Gasteiger partial charge in [0.25, 0.3) is 0 Å². The van der Waals surface area contributed by atoms with Crippen LogP contribution in [0.4, 0.5) is 0 Å². The van der Waals surface area contributed by atoms with Crippen LogP contribution in [0, 0.1) is 17.3 Å². The summed E-state index contributed by atoms with van der Waals surface area (Å²) >= 11 is 0. The first-order valence-corrected chi connectivity index (χ1v) is 13.3. The SMILES string of the molecule is C1=C(C2CCCCC2)C=C(C2CCCCC2)CC1(Cc1ccccc1)Cc1ccccc1. The lowest BCUT2D eigenvalue weighted by Crippen LogP contribution is -2.31. The zero-order valence-electron chi connectivity index (χ0n) is 19.8. The van der Waals surface area contributed by atoms with Crippen molar-refractivity contribution in [2.45, 2.75) is 83.5 Å². The van der Waals surface area contributed by atoms with E-state index in [2.05, 4.69) is 72.8 Å². The van der Waals surface area contributed by atoms with Crippen molar-refractivity contribution in [3.8, 4) is 0 Å². The minimum Gasteiger partial charge on any atom is -0.0738 e. The molecule has 0 N–H and O–H groups in total. The lowest BCUT2D eigenvalue weighted by molar-refractivity contribution is 0.311. The highest BCUT2D eigenvalue weighted by Crippen LogP contribution is 2.47. The standard InChI is InChI=1S/C32H40/c1-5-13-26(14-6-1)22-32(23-27-15-7-2-8-16-27)24-30(28-17-9-3-10-18-28)21-31(25-32)29-19-11-4-12-20-29/h1-2,5-8,13-16,21,24,28-29H,3-4,9-12,17-20,22-23,25H2. The van der Waals surface area contributed by atoms with E-state index in [9.17, 15) is 0 Å². The first-order chi connectivity index (χ1) is 15.8. The summed E-state index contributed by atoms with van der Waals surface area (Å²) in [6.07, 6.45) is 23.2. The Balaban J connectivity index is 1.54. The Morgan fingerprint density at radius 3 is 1.62 bits per heavy atom. The van der Waals surface area contributed by atoms with Crippen LogP contribution in [0.1, 0.15) is 81.8 Å². The Morgan fingerprint density at radius 2 is 1.09 bits per heavy atom. The molecule has 2 saturated carbocycles. The number of allylic oxidation sites excluding steroid dienone is 4. The third kappa shape index (κ3) is 5.28. The van der Waals surface area contributed by atoms with Crippen LogP contribution in [0.2, 0.25) is 0 Å². The van der Waals surface area contributed by atoms with Crippen LogP contribution < -0.4 is 0 Å². The van der Waals surface area contributed by atoms with Crippen LogP contribution in [0.15, 0.2) is 84.0 Å². The first kappa shape index (κ1) is 21.7. The van der Waals surface area contributed by atoms with E-state index >= 15 is 0 Å². The van der Waals surface area contributed by atoms with E-state index in [1.165, 1.54) is 81.8 Å². The maximum absolute atomic E-state index is 2.77. The van der Waals surface area contributed by atoms with E-state index in [-0.39, 0.29) is 5.41 Å². The van der Waals surface area contributed by atoms with Crippen LogP contribution in [0.25, 0.3) is 0 Å². The lowest BCUT2D eigenvalue weighted by Gasteiger charge is -2.41. The summed E-state index contributed by atoms with van der Waals surface area (Å²) in [5.74, 6) is 1.61. The van der Waals surface area contributed by atoms with Gasteiger partial charge in [-0.3, -0.25) is 0 Å². The molecule has 3 aliphatic carbocycles. The summed E-state index contributed by atoms with van der Waals surface area (Å²) in [6, 6.07) is 22.6. The predicted molar refractivity (Wildman–Crippen MR) is 137 cm³/mol. The van der Waals surface area contributed by atoms with Gasteiger partial charge in [-0.1, -0.05) is 117 Å². The zero-order chi connectivity index (χ0) is 21.6. The molecule has 0 atom stereocenters. The van der Waals surface area contributed by atoms with Crippen molar-refractivity contribution in [2.75, 3.05) is 0 Å². The molecule has 0 amide bonds. The van der Waals surface area contributed by atoms with Gasteiger partial charge in [-0.25, -0.2) is 0 Å². The largest absolute Gasteiger partial charge is 0.0738 e. The molecule has 0 heterocycles. The maximum atomic E-state index is 2.77. The van der Waals surface area contributed by atoms with Gasteiger partial charge in [0.1, 0.15) is 0 Å². The zero-order valence-corrected chi connectivity index (χ0v) is 19.8. The molecule has 2 aromatic rings. The monoisotopic (exact) mass is 424 g/mol. The van der Waals surface area contributed by atoms with Gasteiger partial charge in [0.15, 0.2) is 0 Å². The van der Waals surface area contributed by atoms with Gasteiger partial charge in [-0.2, -0.15) is 0 Å². The molecule has 0 unspecified atom stereocenters. The van der Waals surface area contributed by atoms with Crippen LogP contribution in [-0.4, -0.2) is 0 Å². The van der Waals surface area contributed by atoms with Gasteiger partial charge in [0.05, 0.1) is 0 Å². The number of benzene rings is 2. The first-order valence-electron chi connectivity index (χ1n) is 13.3. The molecular weight excluding hydrogens is 384 g/mol. The van der Waals surface area contributed by atoms with Crippen LogP contribution in [0.3, 0.4) is 0 Å². The second-order valence-electron chi connectivity index (χ2n) is 10.9. The second-order valence-corrected chi connectivity index (χ2v) is 10.9. The molecule has 5 rings (SSSR count). The maximum Gasteiger partial charge on any atom is 0.000566 e. The van der Waals surface area contributed by atoms with E-state index in [0.717, 1.165) is 24.7 Å². The van der Waals surface area contributed by atoms with Crippen molar-refractivity contribution in [2.24, 2.45) is 17.3 Å². The van der Waals surface area contributed by atoms with E-state index in [1.807, 2.05) is 0 Å². The molecular formula is C32H40. The minimum atomic E-state index is 0.205. The molecule has 0 bridgehead atoms. The summed E-state index contributed by atoms with van der Waals surface area (Å²) in [5, 5.41) is 0. The molecule has 0 nitrogen and oxygen atoms in total. The van der Waals surface area contributed by atoms with E-state index in [0.29, 0.717) is 0 Å². The van der Waals surface area contributed by atoms with Crippen molar-refractivity contribution in [3.63, 3.8) is 0 Å². The lowest BCUT2D eigenvalue weighted by atomic mass is 9.64. The molecule has 2 fully saturated rings. The van der Waals surface area contributed by atoms with Gasteiger partial charge in [-0.15, -0.1) is 0 Å². The Hall–Kier alpha value is -2.08. The fourth-order valence-corrected chi connectivity index (χ4v) is 6.82. The van der Waals surface area contributed by atoms with Crippen molar-refractivity contribution in [1.29, 1.82) is 0 Å². The highest BCUT2D eigenvalue weighted by Gasteiger charge is 2.36. The molecule has 2 aromatic carbocycles. The van der Waals surface area contributed by atoms with E-state index < -0.39 is 0 Å². The van der Waals surface area contributed by atoms with E-state index in [1.54, 1.807) is 11.1 Å². The molecule has 0 radical (unpaired) electrons. The quantitative estimate of drug-likeness (QED) is 0.434. The fourth-order valence-electron chi connectivity index (χ4n) is 6.82. The molecule has 3 aliphatic rings. The second kappa shape index (κ2) is 10.2. The number of hydrogen-bond donors (Lipinski definition) is 0. The predicted octanol–water partition coefficient (Wildman–Crippen LogP) is 8.88. The minimum absolute atomic E-state index is 0.205. The average Bonchev–Trinajstić information content (AvgIpc) is 2.86. The third-order valence-corrected chi connectivity index (χ3v) is 8.39. The molecule has 0 spiro atoms. The van der Waals surface area contributed by atoms with Crippen molar-refractivity contribution in [1.82, 2.24) is 0 Å². The Bertz CT molecular complexity index is 864. The smallest absolute Gasteiger partial charge is 0.000566 e. The molecule has 0 aliphatic heterocycles. The Labute approximate surface area is 195 Å². The summed E-state index contributed by atoms with van der Waals surface area (Å²) in [4.78, 5) is 0. The summed E-state index contributed by atoms with van der Waals surface area (Å²) in [5.41, 5.74) is 6.68. The molecule has 0 aromatic heterocycles. The highest BCUT2D eigenvalue weighted by atomic mass is 14.4.